The first kappa shape index (κ1) is 21.4. The van der Waals surface area contributed by atoms with Crippen molar-refractivity contribution in [3.63, 3.8) is 0 Å². The Bertz CT molecular complexity index is 731. The second-order valence-electron chi connectivity index (χ2n) is 13.3. The van der Waals surface area contributed by atoms with E-state index in [1.54, 1.807) is 0 Å². The standard InChI is InChI=1S/C27H44O4/c1-16-5-12-27(30-15-16)17(2)23-22(31-27)13-21-19-7-11-26(29)14-18(28)6-10-25(26,4)20(19)8-9-24(21,23)3/h16-23,28-29H,5-15H2,1-4H3/t16-,17+,18+,19-,20?,21?,22+,23+,24+,25-,26-,27-/m0/s1. The molecule has 6 aliphatic rings. The molecular formula is C27H44O4. The summed E-state index contributed by atoms with van der Waals surface area (Å²) in [4.78, 5) is 0. The van der Waals surface area contributed by atoms with E-state index in [0.717, 1.165) is 38.7 Å². The van der Waals surface area contributed by atoms with E-state index in [1.807, 2.05) is 0 Å². The Morgan fingerprint density at radius 1 is 0.903 bits per heavy atom. The third-order valence-electron chi connectivity index (χ3n) is 12.0. The largest absolute Gasteiger partial charge is 0.393 e. The molecule has 0 radical (unpaired) electrons. The molecule has 6 rings (SSSR count). The molecule has 0 bridgehead atoms. The lowest BCUT2D eigenvalue weighted by Crippen LogP contribution is -2.63. The van der Waals surface area contributed by atoms with Crippen LogP contribution in [0.15, 0.2) is 0 Å². The monoisotopic (exact) mass is 432 g/mol. The van der Waals surface area contributed by atoms with Crippen LogP contribution in [0.5, 0.6) is 0 Å². The van der Waals surface area contributed by atoms with E-state index in [2.05, 4.69) is 27.7 Å². The van der Waals surface area contributed by atoms with Crippen LogP contribution in [0, 0.1) is 46.3 Å². The summed E-state index contributed by atoms with van der Waals surface area (Å²) in [6.45, 7) is 10.5. The van der Waals surface area contributed by atoms with Gasteiger partial charge in [-0.3, -0.25) is 0 Å². The molecule has 0 amide bonds. The van der Waals surface area contributed by atoms with Crippen molar-refractivity contribution in [3.8, 4) is 0 Å². The number of hydrogen-bond acceptors (Lipinski definition) is 4. The zero-order valence-electron chi connectivity index (χ0n) is 20.1. The second-order valence-corrected chi connectivity index (χ2v) is 13.3. The summed E-state index contributed by atoms with van der Waals surface area (Å²) < 4.78 is 13.3. The first-order valence-corrected chi connectivity index (χ1v) is 13.3. The minimum absolute atomic E-state index is 0.0372. The van der Waals surface area contributed by atoms with E-state index in [4.69, 9.17) is 9.47 Å². The zero-order valence-corrected chi connectivity index (χ0v) is 20.1. The molecule has 6 fully saturated rings. The molecule has 31 heavy (non-hydrogen) atoms. The van der Waals surface area contributed by atoms with E-state index < -0.39 is 5.60 Å². The van der Waals surface area contributed by atoms with Crippen LogP contribution in [0.25, 0.3) is 0 Å². The molecular weight excluding hydrogens is 388 g/mol. The van der Waals surface area contributed by atoms with Gasteiger partial charge in [0.1, 0.15) is 0 Å². The van der Waals surface area contributed by atoms with Gasteiger partial charge in [-0.2, -0.15) is 0 Å². The van der Waals surface area contributed by atoms with E-state index >= 15 is 0 Å². The molecule has 12 atom stereocenters. The number of fused-ring (bicyclic) bond motifs is 7. The number of rotatable bonds is 0. The van der Waals surface area contributed by atoms with Crippen LogP contribution in [-0.4, -0.2) is 40.4 Å². The lowest BCUT2D eigenvalue weighted by Gasteiger charge is -2.64. The van der Waals surface area contributed by atoms with Crippen LogP contribution in [-0.2, 0) is 9.47 Å². The quantitative estimate of drug-likeness (QED) is 0.571. The molecule has 176 valence electrons. The van der Waals surface area contributed by atoms with E-state index in [1.165, 1.54) is 25.7 Å². The Kier molecular flexibility index (Phi) is 4.62. The van der Waals surface area contributed by atoms with Crippen LogP contribution in [0.4, 0.5) is 0 Å². The summed E-state index contributed by atoms with van der Waals surface area (Å²) in [6.07, 6.45) is 10.4. The molecule has 4 heteroatoms. The SMILES string of the molecule is C[C@H]1CC[C@]2(OC1)O[C@@H]1CC3[C@H]4CC[C@]5(O)C[C@H](O)CC[C@@]5(C)C4CC[C@@]3(C)[C@@H]1[C@H]2C. The van der Waals surface area contributed by atoms with Crippen LogP contribution in [0.2, 0.25) is 0 Å². The van der Waals surface area contributed by atoms with Crippen molar-refractivity contribution < 1.29 is 19.7 Å². The fraction of sp³-hybridized carbons (Fsp3) is 1.00. The summed E-state index contributed by atoms with van der Waals surface area (Å²) in [5.74, 6) is 3.39. The van der Waals surface area contributed by atoms with E-state index in [9.17, 15) is 10.2 Å². The van der Waals surface area contributed by atoms with Crippen LogP contribution in [0.1, 0.15) is 91.9 Å². The van der Waals surface area contributed by atoms with Gasteiger partial charge < -0.3 is 19.7 Å². The number of aliphatic hydroxyl groups is 2. The maximum Gasteiger partial charge on any atom is 0.171 e. The van der Waals surface area contributed by atoms with Gasteiger partial charge in [-0.25, -0.2) is 0 Å². The van der Waals surface area contributed by atoms with Crippen molar-refractivity contribution in [2.75, 3.05) is 6.61 Å². The van der Waals surface area contributed by atoms with E-state index in [0.29, 0.717) is 53.4 Å². The summed E-state index contributed by atoms with van der Waals surface area (Å²) in [6, 6.07) is 0. The molecule has 4 aliphatic carbocycles. The summed E-state index contributed by atoms with van der Waals surface area (Å²) in [5.41, 5.74) is -0.375. The van der Waals surface area contributed by atoms with Crippen LogP contribution in [0.3, 0.4) is 0 Å². The Hall–Kier alpha value is -0.160. The highest BCUT2D eigenvalue weighted by molar-refractivity contribution is 5.17. The Labute approximate surface area is 188 Å². The number of ether oxygens (including phenoxy) is 2. The highest BCUT2D eigenvalue weighted by Crippen LogP contribution is 2.71. The average molecular weight is 433 g/mol. The molecule has 0 aromatic rings. The maximum absolute atomic E-state index is 11.7. The van der Waals surface area contributed by atoms with Crippen molar-refractivity contribution >= 4 is 0 Å². The van der Waals surface area contributed by atoms with Gasteiger partial charge in [0.25, 0.3) is 0 Å². The predicted octanol–water partition coefficient (Wildman–Crippen LogP) is 4.91. The number of aliphatic hydroxyl groups excluding tert-OH is 1. The summed E-state index contributed by atoms with van der Waals surface area (Å²) >= 11 is 0. The second kappa shape index (κ2) is 6.71. The van der Waals surface area contributed by atoms with Gasteiger partial charge in [-0.05, 0) is 91.8 Å². The normalized spacial score (nSPS) is 63.3. The first-order valence-electron chi connectivity index (χ1n) is 13.3. The molecule has 0 aromatic heterocycles. The van der Waals surface area contributed by atoms with Crippen molar-refractivity contribution in [1.29, 1.82) is 0 Å². The molecule has 2 unspecified atom stereocenters. The Balaban J connectivity index is 1.27. The molecule has 4 nitrogen and oxygen atoms in total. The average Bonchev–Trinajstić information content (AvgIpc) is 3.16. The summed E-state index contributed by atoms with van der Waals surface area (Å²) in [7, 11) is 0. The predicted molar refractivity (Wildman–Crippen MR) is 119 cm³/mol. The Morgan fingerprint density at radius 3 is 2.45 bits per heavy atom. The van der Waals surface area contributed by atoms with Gasteiger partial charge in [0.05, 0.1) is 24.4 Å². The molecule has 0 aromatic carbocycles. The fourth-order valence-electron chi connectivity index (χ4n) is 10.2. The van der Waals surface area contributed by atoms with Gasteiger partial charge in [0.2, 0.25) is 0 Å². The lowest BCUT2D eigenvalue weighted by molar-refractivity contribution is -0.274. The minimum atomic E-state index is -0.672. The first-order chi connectivity index (χ1) is 14.6. The van der Waals surface area contributed by atoms with Crippen molar-refractivity contribution in [2.24, 2.45) is 46.3 Å². The lowest BCUT2D eigenvalue weighted by atomic mass is 9.43. The highest BCUT2D eigenvalue weighted by Gasteiger charge is 2.70. The van der Waals surface area contributed by atoms with Gasteiger partial charge >= 0.3 is 0 Å². The van der Waals surface area contributed by atoms with Crippen LogP contribution < -0.4 is 0 Å². The minimum Gasteiger partial charge on any atom is -0.393 e. The van der Waals surface area contributed by atoms with Crippen molar-refractivity contribution in [3.05, 3.63) is 0 Å². The summed E-state index contributed by atoms with van der Waals surface area (Å²) in [5, 5.41) is 22.0. The maximum atomic E-state index is 11.7. The number of hydrogen-bond donors (Lipinski definition) is 2. The molecule has 2 heterocycles. The van der Waals surface area contributed by atoms with Crippen LogP contribution >= 0.6 is 0 Å². The van der Waals surface area contributed by atoms with Gasteiger partial charge in [-0.1, -0.05) is 27.7 Å². The molecule has 2 N–H and O–H groups in total. The van der Waals surface area contributed by atoms with Gasteiger partial charge in [-0.15, -0.1) is 0 Å². The van der Waals surface area contributed by atoms with E-state index in [-0.39, 0.29) is 17.3 Å². The smallest absolute Gasteiger partial charge is 0.171 e. The third-order valence-corrected chi connectivity index (χ3v) is 12.0. The van der Waals surface area contributed by atoms with Gasteiger partial charge in [0, 0.05) is 18.8 Å². The van der Waals surface area contributed by atoms with Gasteiger partial charge in [0.15, 0.2) is 5.79 Å². The molecule has 4 saturated carbocycles. The topological polar surface area (TPSA) is 58.9 Å². The molecule has 2 aliphatic heterocycles. The molecule has 1 spiro atoms. The zero-order chi connectivity index (χ0) is 21.8. The third kappa shape index (κ3) is 2.68. The van der Waals surface area contributed by atoms with Crippen molar-refractivity contribution in [1.82, 2.24) is 0 Å². The molecule has 2 saturated heterocycles. The Morgan fingerprint density at radius 2 is 1.71 bits per heavy atom. The highest BCUT2D eigenvalue weighted by atomic mass is 16.7. The van der Waals surface area contributed by atoms with Crippen molar-refractivity contribution in [2.45, 2.75) is 115 Å². The fourth-order valence-corrected chi connectivity index (χ4v) is 10.2.